The second-order valence-corrected chi connectivity index (χ2v) is 6.33. The number of fused-ring (bicyclic) bond motifs is 1. The largest absolute Gasteiger partial charge is 0.380 e. The molecule has 0 amide bonds. The molecule has 0 atom stereocenters. The van der Waals surface area contributed by atoms with E-state index in [1.54, 1.807) is 7.05 Å². The monoisotopic (exact) mass is 330 g/mol. The Morgan fingerprint density at radius 1 is 1.17 bits per heavy atom. The van der Waals surface area contributed by atoms with Crippen molar-refractivity contribution in [3.63, 3.8) is 0 Å². The summed E-state index contributed by atoms with van der Waals surface area (Å²) in [7, 11) is 1.79. The first-order chi connectivity index (χ1) is 11.7. The fourth-order valence-electron chi connectivity index (χ4n) is 2.54. The zero-order valence-corrected chi connectivity index (χ0v) is 15.1. The van der Waals surface area contributed by atoms with Crippen LogP contribution < -0.4 is 10.6 Å². The van der Waals surface area contributed by atoms with Gasteiger partial charge in [-0.05, 0) is 30.4 Å². The van der Waals surface area contributed by atoms with Crippen LogP contribution in [-0.2, 0) is 11.2 Å². The summed E-state index contributed by atoms with van der Waals surface area (Å²) >= 11 is 0. The van der Waals surface area contributed by atoms with Gasteiger partial charge in [0, 0.05) is 43.8 Å². The summed E-state index contributed by atoms with van der Waals surface area (Å²) in [6.07, 6.45) is 4.15. The Bertz CT molecular complexity index is 633. The molecule has 1 aromatic carbocycles. The maximum Gasteiger partial charge on any atom is 0.191 e. The number of aromatic nitrogens is 1. The van der Waals surface area contributed by atoms with Crippen LogP contribution in [0.15, 0.2) is 35.5 Å². The van der Waals surface area contributed by atoms with E-state index in [1.807, 2.05) is 0 Å². The molecule has 2 rings (SSSR count). The Morgan fingerprint density at radius 2 is 1.96 bits per heavy atom. The first-order valence-corrected chi connectivity index (χ1v) is 8.78. The van der Waals surface area contributed by atoms with Crippen LogP contribution in [-0.4, -0.2) is 44.3 Å². The van der Waals surface area contributed by atoms with Gasteiger partial charge in [-0.15, -0.1) is 0 Å². The number of para-hydroxylation sites is 1. The number of H-pyrrole nitrogens is 1. The lowest BCUT2D eigenvalue weighted by atomic mass is 10.1. The average molecular weight is 330 g/mol. The summed E-state index contributed by atoms with van der Waals surface area (Å²) in [4.78, 5) is 7.56. The normalized spacial score (nSPS) is 12.1. The summed E-state index contributed by atoms with van der Waals surface area (Å²) in [5, 5.41) is 7.92. The summed E-state index contributed by atoms with van der Waals surface area (Å²) in [5.41, 5.74) is 2.51. The highest BCUT2D eigenvalue weighted by Gasteiger charge is 2.03. The first-order valence-electron chi connectivity index (χ1n) is 8.78. The molecule has 24 heavy (non-hydrogen) atoms. The third kappa shape index (κ3) is 5.89. The third-order valence-electron chi connectivity index (χ3n) is 3.96. The standard InChI is InChI=1S/C19H30N4O/c1-15(2)9-12-24-13-11-22-19(20-3)21-10-8-16-14-23-18-7-5-4-6-17(16)18/h4-7,14-15,23H,8-13H2,1-3H3,(H2,20,21,22). The van der Waals surface area contributed by atoms with Crippen molar-refractivity contribution in [2.24, 2.45) is 10.9 Å². The van der Waals surface area contributed by atoms with Gasteiger partial charge in [0.05, 0.1) is 6.61 Å². The minimum Gasteiger partial charge on any atom is -0.380 e. The lowest BCUT2D eigenvalue weighted by Gasteiger charge is -2.12. The second-order valence-electron chi connectivity index (χ2n) is 6.33. The van der Waals surface area contributed by atoms with Gasteiger partial charge < -0.3 is 20.4 Å². The molecule has 5 heteroatoms. The number of nitrogens with zero attached hydrogens (tertiary/aromatic N) is 1. The highest BCUT2D eigenvalue weighted by Crippen LogP contribution is 2.17. The number of benzene rings is 1. The van der Waals surface area contributed by atoms with Crippen LogP contribution in [0.1, 0.15) is 25.8 Å². The number of nitrogens with one attached hydrogen (secondary N) is 3. The minimum absolute atomic E-state index is 0.692. The van der Waals surface area contributed by atoms with Crippen LogP contribution in [0.4, 0.5) is 0 Å². The van der Waals surface area contributed by atoms with E-state index in [2.05, 4.69) is 64.9 Å². The van der Waals surface area contributed by atoms with Gasteiger partial charge in [0.15, 0.2) is 5.96 Å². The second kappa shape index (κ2) is 9.98. The number of rotatable bonds is 9. The van der Waals surface area contributed by atoms with Crippen molar-refractivity contribution in [3.8, 4) is 0 Å². The fraction of sp³-hybridized carbons (Fsp3) is 0.526. The Balaban J connectivity index is 1.65. The first kappa shape index (κ1) is 18.3. The molecule has 0 bridgehead atoms. The van der Waals surface area contributed by atoms with Crippen molar-refractivity contribution in [3.05, 3.63) is 36.0 Å². The number of ether oxygens (including phenoxy) is 1. The highest BCUT2D eigenvalue weighted by atomic mass is 16.5. The molecule has 0 saturated heterocycles. The maximum absolute atomic E-state index is 5.60. The molecule has 1 aromatic heterocycles. The van der Waals surface area contributed by atoms with E-state index < -0.39 is 0 Å². The predicted octanol–water partition coefficient (Wildman–Crippen LogP) is 2.94. The number of guanidine groups is 1. The average Bonchev–Trinajstić information content (AvgIpc) is 2.99. The van der Waals surface area contributed by atoms with E-state index >= 15 is 0 Å². The Kier molecular flexibility index (Phi) is 7.62. The summed E-state index contributed by atoms with van der Waals surface area (Å²) < 4.78 is 5.60. The number of hydrogen-bond donors (Lipinski definition) is 3. The van der Waals surface area contributed by atoms with Crippen molar-refractivity contribution < 1.29 is 4.74 Å². The van der Waals surface area contributed by atoms with E-state index in [9.17, 15) is 0 Å². The summed E-state index contributed by atoms with van der Waals surface area (Å²) in [6.45, 7) is 7.56. The van der Waals surface area contributed by atoms with Crippen LogP contribution in [0, 0.1) is 5.92 Å². The van der Waals surface area contributed by atoms with Gasteiger partial charge in [-0.25, -0.2) is 0 Å². The van der Waals surface area contributed by atoms with E-state index in [0.717, 1.165) is 38.5 Å². The zero-order valence-electron chi connectivity index (χ0n) is 15.1. The van der Waals surface area contributed by atoms with Crippen LogP contribution in [0.5, 0.6) is 0 Å². The van der Waals surface area contributed by atoms with Crippen molar-refractivity contribution in [2.75, 3.05) is 33.4 Å². The van der Waals surface area contributed by atoms with E-state index in [1.165, 1.54) is 16.5 Å². The molecule has 0 aliphatic carbocycles. The molecule has 3 N–H and O–H groups in total. The van der Waals surface area contributed by atoms with E-state index in [0.29, 0.717) is 12.5 Å². The molecule has 0 aliphatic rings. The molecule has 1 heterocycles. The molecule has 0 saturated carbocycles. The third-order valence-corrected chi connectivity index (χ3v) is 3.96. The Labute approximate surface area is 144 Å². The molecule has 132 valence electrons. The summed E-state index contributed by atoms with van der Waals surface area (Å²) in [6, 6.07) is 8.39. The molecule has 5 nitrogen and oxygen atoms in total. The van der Waals surface area contributed by atoms with Crippen LogP contribution in [0.3, 0.4) is 0 Å². The smallest absolute Gasteiger partial charge is 0.191 e. The molecule has 2 aromatic rings. The van der Waals surface area contributed by atoms with Gasteiger partial charge in [-0.2, -0.15) is 0 Å². The van der Waals surface area contributed by atoms with Crippen LogP contribution in [0.25, 0.3) is 10.9 Å². The quantitative estimate of drug-likeness (QED) is 0.376. The Hall–Kier alpha value is -2.01. The van der Waals surface area contributed by atoms with Gasteiger partial charge >= 0.3 is 0 Å². The topological polar surface area (TPSA) is 61.4 Å². The number of hydrogen-bond acceptors (Lipinski definition) is 2. The number of aromatic amines is 1. The van der Waals surface area contributed by atoms with E-state index in [4.69, 9.17) is 4.74 Å². The molecule has 0 unspecified atom stereocenters. The lowest BCUT2D eigenvalue weighted by molar-refractivity contribution is 0.128. The van der Waals surface area contributed by atoms with Gasteiger partial charge in [0.25, 0.3) is 0 Å². The van der Waals surface area contributed by atoms with Crippen LogP contribution in [0.2, 0.25) is 0 Å². The molecule has 0 aliphatic heterocycles. The number of aliphatic imine (C=N–C) groups is 1. The lowest BCUT2D eigenvalue weighted by Crippen LogP contribution is -2.39. The van der Waals surface area contributed by atoms with Crippen molar-refractivity contribution in [1.82, 2.24) is 15.6 Å². The summed E-state index contributed by atoms with van der Waals surface area (Å²) in [5.74, 6) is 1.51. The van der Waals surface area contributed by atoms with Gasteiger partial charge in [0.1, 0.15) is 0 Å². The van der Waals surface area contributed by atoms with Gasteiger partial charge in [-0.3, -0.25) is 4.99 Å². The van der Waals surface area contributed by atoms with Gasteiger partial charge in [-0.1, -0.05) is 32.0 Å². The molecular formula is C19H30N4O. The van der Waals surface area contributed by atoms with Crippen molar-refractivity contribution >= 4 is 16.9 Å². The van der Waals surface area contributed by atoms with Crippen molar-refractivity contribution in [1.29, 1.82) is 0 Å². The zero-order chi connectivity index (χ0) is 17.2. The van der Waals surface area contributed by atoms with E-state index in [-0.39, 0.29) is 0 Å². The molecule has 0 radical (unpaired) electrons. The molecule has 0 spiro atoms. The Morgan fingerprint density at radius 3 is 2.75 bits per heavy atom. The fourth-order valence-corrected chi connectivity index (χ4v) is 2.54. The molecule has 0 fully saturated rings. The van der Waals surface area contributed by atoms with Crippen LogP contribution >= 0.6 is 0 Å². The maximum atomic E-state index is 5.60. The minimum atomic E-state index is 0.692. The van der Waals surface area contributed by atoms with Crippen molar-refractivity contribution in [2.45, 2.75) is 26.7 Å². The predicted molar refractivity (Wildman–Crippen MR) is 102 cm³/mol. The SMILES string of the molecule is CN=C(NCCOCCC(C)C)NCCc1c[nH]c2ccccc12. The molecular weight excluding hydrogens is 300 g/mol. The van der Waals surface area contributed by atoms with Gasteiger partial charge in [0.2, 0.25) is 0 Å². The highest BCUT2D eigenvalue weighted by molar-refractivity contribution is 5.83.